The molecule has 1 unspecified atom stereocenters. The molecule has 0 saturated carbocycles. The van der Waals surface area contributed by atoms with E-state index in [2.05, 4.69) is 16.8 Å². The van der Waals surface area contributed by atoms with E-state index in [1.54, 1.807) is 11.3 Å². The largest absolute Gasteiger partial charge is 0.390 e. The van der Waals surface area contributed by atoms with E-state index in [1.165, 1.54) is 19.3 Å². The summed E-state index contributed by atoms with van der Waals surface area (Å²) in [5.74, 6) is 1.79. The van der Waals surface area contributed by atoms with Gasteiger partial charge in [-0.15, -0.1) is 11.3 Å². The third-order valence-electron chi connectivity index (χ3n) is 3.81. The highest BCUT2D eigenvalue weighted by Gasteiger charge is 2.21. The molecule has 1 aliphatic heterocycles. The molecule has 2 aromatic rings. The molecule has 0 aliphatic carbocycles. The average molecular weight is 265 g/mol. The van der Waals surface area contributed by atoms with Gasteiger partial charge < -0.3 is 10.0 Å². The summed E-state index contributed by atoms with van der Waals surface area (Å²) >= 11 is 1.62. The molecule has 0 amide bonds. The van der Waals surface area contributed by atoms with Crippen molar-refractivity contribution in [2.75, 3.05) is 18.0 Å². The SMILES string of the molecule is CC1CCCN(c2nc3sccn3c2CO)CC1. The summed E-state index contributed by atoms with van der Waals surface area (Å²) in [6.07, 6.45) is 5.73. The van der Waals surface area contributed by atoms with Crippen LogP contribution >= 0.6 is 11.3 Å². The van der Waals surface area contributed by atoms with Gasteiger partial charge in [0.15, 0.2) is 10.8 Å². The van der Waals surface area contributed by atoms with Gasteiger partial charge in [0, 0.05) is 24.7 Å². The Hall–Kier alpha value is -1.07. The van der Waals surface area contributed by atoms with Crippen molar-refractivity contribution in [1.82, 2.24) is 9.38 Å². The molecule has 1 saturated heterocycles. The van der Waals surface area contributed by atoms with E-state index in [9.17, 15) is 5.11 Å². The second-order valence-electron chi connectivity index (χ2n) is 5.12. The summed E-state index contributed by atoms with van der Waals surface area (Å²) < 4.78 is 2.01. The van der Waals surface area contributed by atoms with Crippen LogP contribution in [0.5, 0.6) is 0 Å². The summed E-state index contributed by atoms with van der Waals surface area (Å²) in [5, 5.41) is 11.6. The minimum Gasteiger partial charge on any atom is -0.390 e. The fraction of sp³-hybridized carbons (Fsp3) is 0.615. The van der Waals surface area contributed by atoms with Gasteiger partial charge in [-0.1, -0.05) is 6.92 Å². The first-order valence-corrected chi connectivity index (χ1v) is 7.48. The van der Waals surface area contributed by atoms with E-state index >= 15 is 0 Å². The second-order valence-corrected chi connectivity index (χ2v) is 5.99. The number of thiazole rings is 1. The van der Waals surface area contributed by atoms with Crippen LogP contribution in [0.1, 0.15) is 31.9 Å². The molecule has 1 atom stereocenters. The van der Waals surface area contributed by atoms with Crippen LogP contribution in [0.3, 0.4) is 0 Å². The number of rotatable bonds is 2. The fourth-order valence-corrected chi connectivity index (χ4v) is 3.42. The minimum atomic E-state index is 0.0548. The number of aromatic nitrogens is 2. The van der Waals surface area contributed by atoms with E-state index in [4.69, 9.17) is 0 Å². The lowest BCUT2D eigenvalue weighted by atomic mass is 10.0. The van der Waals surface area contributed by atoms with Gasteiger partial charge in [0.2, 0.25) is 0 Å². The number of imidazole rings is 1. The number of hydrogen-bond donors (Lipinski definition) is 1. The average Bonchev–Trinajstić information content (AvgIpc) is 2.86. The molecule has 3 heterocycles. The van der Waals surface area contributed by atoms with Gasteiger partial charge in [0.05, 0.1) is 12.3 Å². The number of aliphatic hydroxyl groups excluding tert-OH is 1. The Morgan fingerprint density at radius 3 is 3.17 bits per heavy atom. The van der Waals surface area contributed by atoms with Gasteiger partial charge in [-0.3, -0.25) is 4.40 Å². The highest BCUT2D eigenvalue weighted by Crippen LogP contribution is 2.27. The molecule has 2 aromatic heterocycles. The van der Waals surface area contributed by atoms with E-state index in [1.807, 2.05) is 16.0 Å². The quantitative estimate of drug-likeness (QED) is 0.907. The third kappa shape index (κ3) is 2.01. The zero-order valence-electron chi connectivity index (χ0n) is 10.7. The van der Waals surface area contributed by atoms with E-state index in [0.29, 0.717) is 0 Å². The van der Waals surface area contributed by atoms with Crippen LogP contribution in [0.25, 0.3) is 4.96 Å². The Bertz CT molecular complexity index is 533. The molecule has 18 heavy (non-hydrogen) atoms. The molecule has 0 radical (unpaired) electrons. The van der Waals surface area contributed by atoms with Crippen molar-refractivity contribution in [3.05, 3.63) is 17.3 Å². The Kier molecular flexibility index (Phi) is 3.26. The minimum absolute atomic E-state index is 0.0548. The molecule has 0 bridgehead atoms. The zero-order valence-corrected chi connectivity index (χ0v) is 11.5. The van der Waals surface area contributed by atoms with Crippen LogP contribution in [-0.4, -0.2) is 27.6 Å². The van der Waals surface area contributed by atoms with Crippen molar-refractivity contribution >= 4 is 22.1 Å². The molecule has 1 N–H and O–H groups in total. The van der Waals surface area contributed by atoms with Crippen LogP contribution in [0.4, 0.5) is 5.82 Å². The maximum Gasteiger partial charge on any atom is 0.195 e. The summed E-state index contributed by atoms with van der Waals surface area (Å²) in [5.41, 5.74) is 0.931. The highest BCUT2D eigenvalue weighted by atomic mass is 32.1. The van der Waals surface area contributed by atoms with Crippen molar-refractivity contribution in [3.8, 4) is 0 Å². The van der Waals surface area contributed by atoms with Crippen LogP contribution in [0.15, 0.2) is 11.6 Å². The lowest BCUT2D eigenvalue weighted by Gasteiger charge is -2.21. The number of aliphatic hydroxyl groups is 1. The van der Waals surface area contributed by atoms with Crippen LogP contribution in [0, 0.1) is 5.92 Å². The smallest absolute Gasteiger partial charge is 0.195 e. The van der Waals surface area contributed by atoms with Gasteiger partial charge in [-0.05, 0) is 25.2 Å². The molecule has 1 aliphatic rings. The Morgan fingerprint density at radius 1 is 1.44 bits per heavy atom. The normalized spacial score (nSPS) is 21.4. The van der Waals surface area contributed by atoms with Crippen molar-refractivity contribution in [2.24, 2.45) is 5.92 Å². The van der Waals surface area contributed by atoms with Crippen LogP contribution < -0.4 is 4.90 Å². The van der Waals surface area contributed by atoms with Gasteiger partial charge in [0.1, 0.15) is 0 Å². The van der Waals surface area contributed by atoms with E-state index in [0.717, 1.165) is 35.5 Å². The molecular formula is C13H19N3OS. The van der Waals surface area contributed by atoms with Gasteiger partial charge in [-0.25, -0.2) is 4.98 Å². The van der Waals surface area contributed by atoms with Crippen LogP contribution in [0.2, 0.25) is 0 Å². The van der Waals surface area contributed by atoms with Gasteiger partial charge in [-0.2, -0.15) is 0 Å². The standard InChI is InChI=1S/C13H19N3OS/c1-10-3-2-5-15(6-4-10)12-11(9-17)16-7-8-18-13(16)14-12/h7-8,10,17H,2-6,9H2,1H3. The van der Waals surface area contributed by atoms with E-state index in [-0.39, 0.29) is 6.61 Å². The van der Waals surface area contributed by atoms with Gasteiger partial charge >= 0.3 is 0 Å². The van der Waals surface area contributed by atoms with Crippen molar-refractivity contribution in [3.63, 3.8) is 0 Å². The predicted molar refractivity (Wildman–Crippen MR) is 74.2 cm³/mol. The first-order valence-electron chi connectivity index (χ1n) is 6.60. The van der Waals surface area contributed by atoms with Crippen LogP contribution in [-0.2, 0) is 6.61 Å². The first-order chi connectivity index (χ1) is 8.79. The molecule has 98 valence electrons. The number of nitrogens with zero attached hydrogens (tertiary/aromatic N) is 3. The number of hydrogen-bond acceptors (Lipinski definition) is 4. The lowest BCUT2D eigenvalue weighted by molar-refractivity contribution is 0.276. The van der Waals surface area contributed by atoms with E-state index < -0.39 is 0 Å². The number of fused-ring (bicyclic) bond motifs is 1. The summed E-state index contributed by atoms with van der Waals surface area (Å²) in [4.78, 5) is 8.00. The monoisotopic (exact) mass is 265 g/mol. The summed E-state index contributed by atoms with van der Waals surface area (Å²) in [7, 11) is 0. The topological polar surface area (TPSA) is 40.8 Å². The van der Waals surface area contributed by atoms with Crippen molar-refractivity contribution < 1.29 is 5.11 Å². The Balaban J connectivity index is 1.94. The van der Waals surface area contributed by atoms with Crippen molar-refractivity contribution in [1.29, 1.82) is 0 Å². The number of anilines is 1. The molecule has 5 heteroatoms. The molecule has 0 spiro atoms. The summed E-state index contributed by atoms with van der Waals surface area (Å²) in [6, 6.07) is 0. The Morgan fingerprint density at radius 2 is 2.33 bits per heavy atom. The molecule has 0 aromatic carbocycles. The molecule has 4 nitrogen and oxygen atoms in total. The predicted octanol–water partition coefficient (Wildman–Crippen LogP) is 2.51. The second kappa shape index (κ2) is 4.90. The first kappa shape index (κ1) is 12.0. The third-order valence-corrected chi connectivity index (χ3v) is 4.56. The van der Waals surface area contributed by atoms with Gasteiger partial charge in [0.25, 0.3) is 0 Å². The molecular weight excluding hydrogens is 246 g/mol. The fourth-order valence-electron chi connectivity index (χ4n) is 2.70. The Labute approximate surface area is 111 Å². The highest BCUT2D eigenvalue weighted by molar-refractivity contribution is 7.15. The summed E-state index contributed by atoms with van der Waals surface area (Å²) in [6.45, 7) is 4.49. The molecule has 3 rings (SSSR count). The van der Waals surface area contributed by atoms with Crippen molar-refractivity contribution in [2.45, 2.75) is 32.8 Å². The maximum absolute atomic E-state index is 9.59. The lowest BCUT2D eigenvalue weighted by Crippen LogP contribution is -2.25. The molecule has 1 fully saturated rings. The maximum atomic E-state index is 9.59. The zero-order chi connectivity index (χ0) is 12.5.